The Balaban J connectivity index is 1.83. The molecule has 86 valence electrons. The summed E-state index contributed by atoms with van der Waals surface area (Å²) in [6, 6.07) is 0. The van der Waals surface area contributed by atoms with Crippen molar-refractivity contribution in [1.29, 1.82) is 0 Å². The minimum absolute atomic E-state index is 0.0862. The van der Waals surface area contributed by atoms with E-state index in [-0.39, 0.29) is 5.41 Å². The number of carboxylic acid groups (broad SMARTS) is 1. The van der Waals surface area contributed by atoms with Gasteiger partial charge in [0, 0.05) is 19.6 Å². The van der Waals surface area contributed by atoms with Gasteiger partial charge in [0.1, 0.15) is 0 Å². The molecule has 1 aliphatic heterocycles. The quantitative estimate of drug-likeness (QED) is 0.755. The summed E-state index contributed by atoms with van der Waals surface area (Å²) in [5, 5.41) is 8.83. The Kier molecular flexibility index (Phi) is 2.98. The van der Waals surface area contributed by atoms with Crippen LogP contribution in [0, 0.1) is 5.41 Å². The van der Waals surface area contributed by atoms with Gasteiger partial charge in [0.05, 0.1) is 19.1 Å². The fourth-order valence-electron chi connectivity index (χ4n) is 2.40. The summed E-state index contributed by atoms with van der Waals surface area (Å²) in [4.78, 5) is 13.1. The van der Waals surface area contributed by atoms with Gasteiger partial charge in [-0.25, -0.2) is 0 Å². The molecule has 0 aromatic rings. The van der Waals surface area contributed by atoms with Crippen LogP contribution in [0.1, 0.15) is 26.2 Å². The zero-order chi connectivity index (χ0) is 10.9. The second kappa shape index (κ2) is 4.10. The monoisotopic (exact) mass is 213 g/mol. The highest BCUT2D eigenvalue weighted by molar-refractivity contribution is 5.68. The molecule has 1 aliphatic carbocycles. The zero-order valence-electron chi connectivity index (χ0n) is 9.24. The topological polar surface area (TPSA) is 49.8 Å². The first-order valence-corrected chi connectivity index (χ1v) is 5.65. The van der Waals surface area contributed by atoms with Crippen molar-refractivity contribution in [3.8, 4) is 0 Å². The first-order chi connectivity index (χ1) is 7.10. The van der Waals surface area contributed by atoms with Crippen molar-refractivity contribution in [3.05, 3.63) is 0 Å². The van der Waals surface area contributed by atoms with Crippen LogP contribution in [0.2, 0.25) is 0 Å². The SMILES string of the molecule is CC1CN(CC2(CC(=O)O)CC2)CCO1. The Morgan fingerprint density at radius 2 is 2.33 bits per heavy atom. The first kappa shape index (κ1) is 10.9. The third kappa shape index (κ3) is 2.92. The van der Waals surface area contributed by atoms with Gasteiger partial charge in [0.15, 0.2) is 0 Å². The van der Waals surface area contributed by atoms with Crippen LogP contribution in [0.4, 0.5) is 0 Å². The predicted molar refractivity (Wildman–Crippen MR) is 55.8 cm³/mol. The van der Waals surface area contributed by atoms with Crippen LogP contribution in [0.15, 0.2) is 0 Å². The average molecular weight is 213 g/mol. The number of hydrogen-bond acceptors (Lipinski definition) is 3. The minimum Gasteiger partial charge on any atom is -0.481 e. The van der Waals surface area contributed by atoms with Crippen LogP contribution < -0.4 is 0 Å². The van der Waals surface area contributed by atoms with Gasteiger partial charge in [0.25, 0.3) is 0 Å². The lowest BCUT2D eigenvalue weighted by Gasteiger charge is -2.33. The highest BCUT2D eigenvalue weighted by Crippen LogP contribution is 2.49. The number of ether oxygens (including phenoxy) is 1. The van der Waals surface area contributed by atoms with E-state index >= 15 is 0 Å². The summed E-state index contributed by atoms with van der Waals surface area (Å²) in [5.74, 6) is -0.659. The molecule has 1 saturated heterocycles. The summed E-state index contributed by atoms with van der Waals surface area (Å²) in [5.41, 5.74) is 0.0862. The molecular weight excluding hydrogens is 194 g/mol. The lowest BCUT2D eigenvalue weighted by molar-refractivity contribution is -0.138. The van der Waals surface area contributed by atoms with Crippen LogP contribution in [0.25, 0.3) is 0 Å². The molecule has 0 radical (unpaired) electrons. The largest absolute Gasteiger partial charge is 0.481 e. The molecule has 2 fully saturated rings. The van der Waals surface area contributed by atoms with Gasteiger partial charge in [-0.2, -0.15) is 0 Å². The molecule has 0 amide bonds. The van der Waals surface area contributed by atoms with Crippen molar-refractivity contribution in [2.24, 2.45) is 5.41 Å². The van der Waals surface area contributed by atoms with Gasteiger partial charge in [-0.15, -0.1) is 0 Å². The van der Waals surface area contributed by atoms with Gasteiger partial charge in [-0.3, -0.25) is 9.69 Å². The molecule has 2 aliphatic rings. The third-order valence-corrected chi connectivity index (χ3v) is 3.37. The second-order valence-electron chi connectivity index (χ2n) is 4.99. The Labute approximate surface area is 90.2 Å². The van der Waals surface area contributed by atoms with E-state index in [1.165, 1.54) is 0 Å². The summed E-state index contributed by atoms with van der Waals surface area (Å²) in [7, 11) is 0. The smallest absolute Gasteiger partial charge is 0.303 e. The van der Waals surface area contributed by atoms with Crippen molar-refractivity contribution >= 4 is 5.97 Å². The molecule has 1 N–H and O–H groups in total. The number of aliphatic carboxylic acids is 1. The summed E-state index contributed by atoms with van der Waals surface area (Å²) in [6.45, 7) is 5.69. The lowest BCUT2D eigenvalue weighted by Crippen LogP contribution is -2.44. The summed E-state index contributed by atoms with van der Waals surface area (Å²) < 4.78 is 5.47. The van der Waals surface area contributed by atoms with Gasteiger partial charge >= 0.3 is 5.97 Å². The second-order valence-corrected chi connectivity index (χ2v) is 4.99. The first-order valence-electron chi connectivity index (χ1n) is 5.65. The molecule has 1 saturated carbocycles. The molecule has 1 unspecified atom stereocenters. The van der Waals surface area contributed by atoms with Gasteiger partial charge in [0.2, 0.25) is 0 Å². The van der Waals surface area contributed by atoms with Crippen LogP contribution in [0.5, 0.6) is 0 Å². The maximum Gasteiger partial charge on any atom is 0.303 e. The Bertz CT molecular complexity index is 250. The molecule has 0 aromatic heterocycles. The number of carbonyl (C=O) groups is 1. The van der Waals surface area contributed by atoms with E-state index in [4.69, 9.17) is 9.84 Å². The molecule has 1 heterocycles. The van der Waals surface area contributed by atoms with E-state index in [0.29, 0.717) is 12.5 Å². The van der Waals surface area contributed by atoms with E-state index in [2.05, 4.69) is 11.8 Å². The van der Waals surface area contributed by atoms with Crippen LogP contribution >= 0.6 is 0 Å². The van der Waals surface area contributed by atoms with Crippen molar-refractivity contribution in [3.63, 3.8) is 0 Å². The normalized spacial score (nSPS) is 30.1. The van der Waals surface area contributed by atoms with Gasteiger partial charge in [-0.05, 0) is 25.2 Å². The van der Waals surface area contributed by atoms with E-state index in [9.17, 15) is 4.79 Å². The molecule has 2 rings (SSSR count). The predicted octanol–water partition coefficient (Wildman–Crippen LogP) is 0.962. The van der Waals surface area contributed by atoms with Crippen molar-refractivity contribution in [2.75, 3.05) is 26.2 Å². The summed E-state index contributed by atoms with van der Waals surface area (Å²) in [6.07, 6.45) is 2.77. The highest BCUT2D eigenvalue weighted by Gasteiger charge is 2.45. The minimum atomic E-state index is -0.659. The average Bonchev–Trinajstić information content (AvgIpc) is 2.83. The molecule has 0 bridgehead atoms. The summed E-state index contributed by atoms with van der Waals surface area (Å²) >= 11 is 0. The van der Waals surface area contributed by atoms with Crippen LogP contribution in [0.3, 0.4) is 0 Å². The van der Waals surface area contributed by atoms with E-state index in [1.807, 2.05) is 0 Å². The maximum atomic E-state index is 10.7. The number of carboxylic acids is 1. The molecule has 0 aromatic carbocycles. The fourth-order valence-corrected chi connectivity index (χ4v) is 2.40. The van der Waals surface area contributed by atoms with Gasteiger partial charge < -0.3 is 9.84 Å². The highest BCUT2D eigenvalue weighted by atomic mass is 16.5. The zero-order valence-corrected chi connectivity index (χ0v) is 9.24. The molecular formula is C11H19NO3. The third-order valence-electron chi connectivity index (χ3n) is 3.37. The van der Waals surface area contributed by atoms with E-state index in [0.717, 1.165) is 39.1 Å². The molecule has 15 heavy (non-hydrogen) atoms. The van der Waals surface area contributed by atoms with Crippen LogP contribution in [-0.4, -0.2) is 48.3 Å². The van der Waals surface area contributed by atoms with Gasteiger partial charge in [-0.1, -0.05) is 0 Å². The van der Waals surface area contributed by atoms with E-state index in [1.54, 1.807) is 0 Å². The number of hydrogen-bond donors (Lipinski definition) is 1. The van der Waals surface area contributed by atoms with Crippen molar-refractivity contribution < 1.29 is 14.6 Å². The fraction of sp³-hybridized carbons (Fsp3) is 0.909. The molecule has 1 atom stereocenters. The Morgan fingerprint density at radius 1 is 1.60 bits per heavy atom. The number of rotatable bonds is 4. The Hall–Kier alpha value is -0.610. The number of nitrogens with zero attached hydrogens (tertiary/aromatic N) is 1. The van der Waals surface area contributed by atoms with Crippen molar-refractivity contribution in [2.45, 2.75) is 32.3 Å². The molecule has 4 nitrogen and oxygen atoms in total. The molecule has 0 spiro atoms. The lowest BCUT2D eigenvalue weighted by atomic mass is 10.0. The maximum absolute atomic E-state index is 10.7. The van der Waals surface area contributed by atoms with Crippen molar-refractivity contribution in [1.82, 2.24) is 4.90 Å². The van der Waals surface area contributed by atoms with Crippen LogP contribution in [-0.2, 0) is 9.53 Å². The Morgan fingerprint density at radius 3 is 2.87 bits per heavy atom. The standard InChI is InChI=1S/C11H19NO3/c1-9-7-12(4-5-15-9)8-11(2-3-11)6-10(13)14/h9H,2-8H2,1H3,(H,13,14). The molecule has 4 heteroatoms. The number of morpholine rings is 1. The van der Waals surface area contributed by atoms with E-state index < -0.39 is 5.97 Å².